The Morgan fingerprint density at radius 1 is 1.65 bits per heavy atom. The van der Waals surface area contributed by atoms with Crippen LogP contribution in [0.15, 0.2) is 24.3 Å². The van der Waals surface area contributed by atoms with E-state index < -0.39 is 12.6 Å². The maximum absolute atomic E-state index is 12.1. The zero-order valence-corrected chi connectivity index (χ0v) is 9.64. The monoisotopic (exact) mass is 234 g/mol. The average molecular weight is 234 g/mol. The SMILES string of the molecule is [2H]C([2H])C12CC(NC(=O)N1CC)c1ccccc1O2. The van der Waals surface area contributed by atoms with Crippen LogP contribution in [0.25, 0.3) is 0 Å². The van der Waals surface area contributed by atoms with Crippen LogP contribution in [0.4, 0.5) is 4.79 Å². The van der Waals surface area contributed by atoms with E-state index in [9.17, 15) is 4.79 Å². The van der Waals surface area contributed by atoms with Gasteiger partial charge in [-0.25, -0.2) is 4.79 Å². The van der Waals surface area contributed by atoms with Crippen LogP contribution in [0, 0.1) is 0 Å². The van der Waals surface area contributed by atoms with E-state index >= 15 is 0 Å². The lowest BCUT2D eigenvalue weighted by Crippen LogP contribution is -2.64. The van der Waals surface area contributed by atoms with Crippen LogP contribution < -0.4 is 10.1 Å². The molecule has 3 rings (SSSR count). The van der Waals surface area contributed by atoms with Gasteiger partial charge >= 0.3 is 6.03 Å². The molecule has 2 bridgehead atoms. The summed E-state index contributed by atoms with van der Waals surface area (Å²) in [5.74, 6) is 0.654. The quantitative estimate of drug-likeness (QED) is 0.810. The number of para-hydroxylation sites is 1. The van der Waals surface area contributed by atoms with Crippen molar-refractivity contribution in [2.45, 2.75) is 32.0 Å². The van der Waals surface area contributed by atoms with E-state index in [0.717, 1.165) is 5.56 Å². The van der Waals surface area contributed by atoms with Crippen LogP contribution in [-0.2, 0) is 0 Å². The third kappa shape index (κ3) is 1.40. The molecule has 1 saturated heterocycles. The Balaban J connectivity index is 2.12. The van der Waals surface area contributed by atoms with Crippen molar-refractivity contribution in [3.05, 3.63) is 29.8 Å². The van der Waals surface area contributed by atoms with Gasteiger partial charge in [-0.3, -0.25) is 4.90 Å². The van der Waals surface area contributed by atoms with E-state index in [1.54, 1.807) is 0 Å². The lowest BCUT2D eigenvalue weighted by molar-refractivity contribution is -0.0815. The molecule has 1 N–H and O–H groups in total. The van der Waals surface area contributed by atoms with Gasteiger partial charge in [0.2, 0.25) is 0 Å². The van der Waals surface area contributed by atoms with E-state index in [1.807, 2.05) is 31.2 Å². The van der Waals surface area contributed by atoms with Crippen LogP contribution in [0.1, 0.15) is 34.6 Å². The van der Waals surface area contributed by atoms with Gasteiger partial charge in [-0.2, -0.15) is 0 Å². The lowest BCUT2D eigenvalue weighted by atomic mass is 9.90. The number of ether oxygens (including phenoxy) is 1. The predicted octanol–water partition coefficient (Wildman–Crippen LogP) is 2.27. The van der Waals surface area contributed by atoms with Crippen molar-refractivity contribution < 1.29 is 12.3 Å². The highest BCUT2D eigenvalue weighted by molar-refractivity contribution is 5.77. The van der Waals surface area contributed by atoms with Crippen LogP contribution in [0.5, 0.6) is 5.75 Å². The molecular weight excluding hydrogens is 216 g/mol. The molecule has 0 spiro atoms. The number of nitrogens with one attached hydrogen (secondary N) is 1. The second-order valence-corrected chi connectivity index (χ2v) is 4.44. The Kier molecular flexibility index (Phi) is 1.67. The molecular formula is C13H16N2O2. The highest BCUT2D eigenvalue weighted by Crippen LogP contribution is 2.43. The third-order valence-electron chi connectivity index (χ3n) is 3.39. The molecule has 2 unspecified atom stereocenters. The number of fused-ring (bicyclic) bond motifs is 4. The van der Waals surface area contributed by atoms with Crippen LogP contribution in [0.2, 0.25) is 0 Å². The first-order valence-corrected chi connectivity index (χ1v) is 5.79. The topological polar surface area (TPSA) is 41.6 Å². The van der Waals surface area contributed by atoms with Crippen molar-refractivity contribution in [3.63, 3.8) is 0 Å². The number of hydrogen-bond acceptors (Lipinski definition) is 2. The molecule has 0 aromatic heterocycles. The van der Waals surface area contributed by atoms with Gasteiger partial charge in [-0.1, -0.05) is 18.2 Å². The van der Waals surface area contributed by atoms with E-state index in [0.29, 0.717) is 18.7 Å². The number of carbonyl (C=O) groups excluding carboxylic acids is 1. The number of nitrogens with zero attached hydrogens (tertiary/aromatic N) is 1. The minimum absolute atomic E-state index is 0.182. The van der Waals surface area contributed by atoms with Crippen molar-refractivity contribution in [3.8, 4) is 5.75 Å². The summed E-state index contributed by atoms with van der Waals surface area (Å²) in [5, 5.41) is 2.92. The van der Waals surface area contributed by atoms with Gasteiger partial charge in [0.15, 0.2) is 5.72 Å². The summed E-state index contributed by atoms with van der Waals surface area (Å²) in [6.45, 7) is 0.984. The molecule has 0 aliphatic carbocycles. The molecule has 4 nitrogen and oxygen atoms in total. The molecule has 90 valence electrons. The van der Waals surface area contributed by atoms with Crippen LogP contribution in [0.3, 0.4) is 0 Å². The Morgan fingerprint density at radius 3 is 3.24 bits per heavy atom. The number of amides is 2. The normalized spacial score (nSPS) is 32.2. The Morgan fingerprint density at radius 2 is 2.47 bits per heavy atom. The van der Waals surface area contributed by atoms with Gasteiger partial charge in [0.1, 0.15) is 5.75 Å². The van der Waals surface area contributed by atoms with Crippen molar-refractivity contribution in [2.24, 2.45) is 0 Å². The molecule has 4 heteroatoms. The minimum atomic E-state index is -1.26. The molecule has 0 saturated carbocycles. The molecule has 2 aliphatic rings. The van der Waals surface area contributed by atoms with Gasteiger partial charge < -0.3 is 10.1 Å². The summed E-state index contributed by atoms with van der Waals surface area (Å²) in [7, 11) is 0. The number of urea groups is 1. The summed E-state index contributed by atoms with van der Waals surface area (Å²) in [4.78, 5) is 13.6. The van der Waals surface area contributed by atoms with Gasteiger partial charge in [0, 0.05) is 21.3 Å². The minimum Gasteiger partial charge on any atom is -0.468 e. The van der Waals surface area contributed by atoms with Gasteiger partial charge in [0.05, 0.1) is 6.04 Å². The molecule has 1 aromatic rings. The summed E-state index contributed by atoms with van der Waals surface area (Å²) in [6.07, 6.45) is 0.432. The smallest absolute Gasteiger partial charge is 0.320 e. The fraction of sp³-hybridized carbons (Fsp3) is 0.462. The number of hydrogen-bond donors (Lipinski definition) is 1. The molecule has 2 amide bonds. The van der Waals surface area contributed by atoms with Gasteiger partial charge in [-0.05, 0) is 19.9 Å². The first-order chi connectivity index (χ1) is 9.08. The van der Waals surface area contributed by atoms with Gasteiger partial charge in [0.25, 0.3) is 0 Å². The highest BCUT2D eigenvalue weighted by Gasteiger charge is 2.48. The largest absolute Gasteiger partial charge is 0.468 e. The first kappa shape index (κ1) is 8.39. The van der Waals surface area contributed by atoms with E-state index in [-0.39, 0.29) is 12.1 Å². The van der Waals surface area contributed by atoms with E-state index in [1.165, 1.54) is 4.90 Å². The van der Waals surface area contributed by atoms with E-state index in [4.69, 9.17) is 7.48 Å². The van der Waals surface area contributed by atoms with Crippen molar-refractivity contribution in [2.75, 3.05) is 6.54 Å². The standard InChI is InChI=1S/C13H16N2O2/c1-3-15-12(16)14-10-8-13(15,2)17-11-7-5-4-6-9(10)11/h4-7,10H,3,8H2,1-2H3,(H,14,16)/i2D2. The van der Waals surface area contributed by atoms with Crippen molar-refractivity contribution >= 4 is 6.03 Å². The molecule has 2 atom stereocenters. The fourth-order valence-corrected chi connectivity index (χ4v) is 2.60. The molecule has 17 heavy (non-hydrogen) atoms. The second kappa shape index (κ2) is 3.39. The highest BCUT2D eigenvalue weighted by atomic mass is 16.5. The summed E-state index contributed by atoms with van der Waals surface area (Å²) in [5.41, 5.74) is -0.265. The van der Waals surface area contributed by atoms with Crippen molar-refractivity contribution in [1.82, 2.24) is 10.2 Å². The van der Waals surface area contributed by atoms with Gasteiger partial charge in [-0.15, -0.1) is 0 Å². The molecule has 0 radical (unpaired) electrons. The number of rotatable bonds is 1. The predicted molar refractivity (Wildman–Crippen MR) is 63.7 cm³/mol. The zero-order valence-electron chi connectivity index (χ0n) is 11.6. The summed E-state index contributed by atoms with van der Waals surface area (Å²) < 4.78 is 21.6. The maximum Gasteiger partial charge on any atom is 0.320 e. The molecule has 1 fully saturated rings. The third-order valence-corrected chi connectivity index (χ3v) is 3.39. The van der Waals surface area contributed by atoms with Crippen LogP contribution in [-0.4, -0.2) is 23.2 Å². The van der Waals surface area contributed by atoms with Crippen LogP contribution >= 0.6 is 0 Å². The lowest BCUT2D eigenvalue weighted by Gasteiger charge is -2.50. The zero-order chi connectivity index (χ0) is 13.6. The second-order valence-electron chi connectivity index (χ2n) is 4.44. The fourth-order valence-electron chi connectivity index (χ4n) is 2.60. The maximum atomic E-state index is 12.1. The first-order valence-electron chi connectivity index (χ1n) is 6.94. The number of carbonyl (C=O) groups is 1. The molecule has 1 aromatic carbocycles. The number of benzene rings is 1. The van der Waals surface area contributed by atoms with Crippen molar-refractivity contribution in [1.29, 1.82) is 0 Å². The Hall–Kier alpha value is -1.71. The van der Waals surface area contributed by atoms with E-state index in [2.05, 4.69) is 5.32 Å². The molecule has 2 aliphatic heterocycles. The summed E-state index contributed by atoms with van der Waals surface area (Å²) in [6, 6.07) is 7.04. The Bertz CT molecular complexity index is 523. The molecule has 2 heterocycles. The average Bonchev–Trinajstić information content (AvgIpc) is 2.38. The summed E-state index contributed by atoms with van der Waals surface area (Å²) >= 11 is 0. The Labute approximate surface area is 103 Å².